The molecule has 0 aliphatic heterocycles. The number of hydrogen-bond acceptors (Lipinski definition) is 5. The number of amides is 2. The molecule has 1 unspecified atom stereocenters. The third-order valence-corrected chi connectivity index (χ3v) is 8.38. The summed E-state index contributed by atoms with van der Waals surface area (Å²) in [6.45, 7) is 5.71. The van der Waals surface area contributed by atoms with Gasteiger partial charge in [0.2, 0.25) is 11.8 Å². The first kappa shape index (κ1) is 31.9. The average Bonchev–Trinajstić information content (AvgIpc) is 2.95. The van der Waals surface area contributed by atoms with Crippen molar-refractivity contribution in [2.24, 2.45) is 0 Å². The second-order valence-corrected chi connectivity index (χ2v) is 11.7. The van der Waals surface area contributed by atoms with E-state index in [1.54, 1.807) is 43.3 Å². The van der Waals surface area contributed by atoms with Crippen LogP contribution >= 0.6 is 11.6 Å². The van der Waals surface area contributed by atoms with Crippen LogP contribution in [0.2, 0.25) is 5.02 Å². The number of halogens is 2. The molecule has 0 saturated carbocycles. The summed E-state index contributed by atoms with van der Waals surface area (Å²) in [6, 6.07) is 16.6. The fraction of sp³-hybridized carbons (Fsp3) is 0.333. The summed E-state index contributed by atoms with van der Waals surface area (Å²) in [4.78, 5) is 28.1. The van der Waals surface area contributed by atoms with Crippen LogP contribution in [0.3, 0.4) is 0 Å². The van der Waals surface area contributed by atoms with Crippen molar-refractivity contribution in [2.75, 3.05) is 24.0 Å². The third-order valence-electron chi connectivity index (χ3n) is 6.36. The van der Waals surface area contributed by atoms with Crippen LogP contribution < -0.4 is 14.4 Å². The van der Waals surface area contributed by atoms with Crippen LogP contribution in [0.25, 0.3) is 0 Å². The predicted molar refractivity (Wildman–Crippen MR) is 158 cm³/mol. The second-order valence-electron chi connectivity index (χ2n) is 9.36. The molecule has 0 bridgehead atoms. The van der Waals surface area contributed by atoms with Gasteiger partial charge in [-0.1, -0.05) is 37.1 Å². The number of anilines is 1. The molecule has 8 nitrogen and oxygen atoms in total. The highest BCUT2D eigenvalue weighted by Crippen LogP contribution is 2.27. The van der Waals surface area contributed by atoms with E-state index in [2.05, 4.69) is 5.32 Å². The minimum absolute atomic E-state index is 0.0233. The number of sulfonamides is 1. The molecule has 0 radical (unpaired) electrons. The predicted octanol–water partition coefficient (Wildman–Crippen LogP) is 5.41. The zero-order valence-corrected chi connectivity index (χ0v) is 24.9. The molecular formula is C30H35ClFN3O5S. The van der Waals surface area contributed by atoms with Gasteiger partial charge in [-0.3, -0.25) is 13.9 Å². The summed E-state index contributed by atoms with van der Waals surface area (Å²) in [6.07, 6.45) is 1.67. The first-order valence-corrected chi connectivity index (χ1v) is 15.2. The molecule has 41 heavy (non-hydrogen) atoms. The Bertz CT molecular complexity index is 1420. The molecule has 1 atom stereocenters. The molecule has 0 aromatic heterocycles. The van der Waals surface area contributed by atoms with Crippen LogP contribution in [-0.2, 0) is 26.2 Å². The van der Waals surface area contributed by atoms with Gasteiger partial charge in [-0.15, -0.1) is 0 Å². The van der Waals surface area contributed by atoms with Crippen LogP contribution in [0.1, 0.15) is 39.2 Å². The summed E-state index contributed by atoms with van der Waals surface area (Å²) in [5.41, 5.74) is 0.877. The summed E-state index contributed by atoms with van der Waals surface area (Å²) < 4.78 is 47.6. The lowest BCUT2D eigenvalue weighted by Gasteiger charge is -2.32. The summed E-state index contributed by atoms with van der Waals surface area (Å²) >= 11 is 6.17. The van der Waals surface area contributed by atoms with Gasteiger partial charge in [0.25, 0.3) is 10.0 Å². The first-order valence-electron chi connectivity index (χ1n) is 13.4. The molecule has 3 rings (SSSR count). The van der Waals surface area contributed by atoms with Crippen molar-refractivity contribution in [2.45, 2.75) is 51.1 Å². The van der Waals surface area contributed by atoms with E-state index in [4.69, 9.17) is 16.3 Å². The minimum atomic E-state index is -4.31. The maximum atomic E-state index is 13.9. The molecule has 3 aromatic carbocycles. The SMILES string of the molecule is CCCCNC(=O)C(C)N(Cc1cccc(Cl)c1)C(=O)CN(c1ccc(OCC)cc1)S(=O)(=O)c1ccc(F)cc1. The van der Waals surface area contributed by atoms with Gasteiger partial charge >= 0.3 is 0 Å². The van der Waals surface area contributed by atoms with Crippen molar-refractivity contribution in [3.05, 3.63) is 89.2 Å². The van der Waals surface area contributed by atoms with E-state index in [1.807, 2.05) is 13.8 Å². The standard InChI is InChI=1S/C30H35ClFN3O5S/c1-4-6-18-33-30(37)22(3)34(20-23-8-7-9-24(31)19-23)29(36)21-35(26-12-14-27(15-13-26)40-5-2)41(38,39)28-16-10-25(32)11-17-28/h7-17,19,22H,4-6,18,20-21H2,1-3H3,(H,33,37). The van der Waals surface area contributed by atoms with E-state index < -0.39 is 34.3 Å². The normalized spacial score (nSPS) is 11.9. The molecular weight excluding hydrogens is 569 g/mol. The van der Waals surface area contributed by atoms with Gasteiger partial charge in [-0.05, 0) is 86.5 Å². The Morgan fingerprint density at radius 3 is 2.32 bits per heavy atom. The van der Waals surface area contributed by atoms with Crippen molar-refractivity contribution in [1.29, 1.82) is 0 Å². The quantitative estimate of drug-likeness (QED) is 0.249. The summed E-state index contributed by atoms with van der Waals surface area (Å²) in [5, 5.41) is 3.30. The van der Waals surface area contributed by atoms with Crippen LogP contribution in [-0.4, -0.2) is 50.9 Å². The van der Waals surface area contributed by atoms with Gasteiger partial charge in [0.05, 0.1) is 17.2 Å². The van der Waals surface area contributed by atoms with Crippen LogP contribution in [0.15, 0.2) is 77.7 Å². The number of ether oxygens (including phenoxy) is 1. The molecule has 3 aromatic rings. The Balaban J connectivity index is 2.00. The smallest absolute Gasteiger partial charge is 0.264 e. The summed E-state index contributed by atoms with van der Waals surface area (Å²) in [5.74, 6) is -1.03. The maximum Gasteiger partial charge on any atom is 0.264 e. The van der Waals surface area contributed by atoms with E-state index in [-0.39, 0.29) is 23.0 Å². The highest BCUT2D eigenvalue weighted by atomic mass is 35.5. The maximum absolute atomic E-state index is 13.9. The van der Waals surface area contributed by atoms with Gasteiger partial charge in [-0.25, -0.2) is 12.8 Å². The lowest BCUT2D eigenvalue weighted by molar-refractivity contribution is -0.139. The van der Waals surface area contributed by atoms with Crippen LogP contribution in [0.5, 0.6) is 5.75 Å². The van der Waals surface area contributed by atoms with E-state index in [0.29, 0.717) is 29.5 Å². The Kier molecular flexibility index (Phi) is 11.5. The van der Waals surface area contributed by atoms with E-state index in [1.165, 1.54) is 17.0 Å². The van der Waals surface area contributed by atoms with Crippen LogP contribution in [0, 0.1) is 5.82 Å². The molecule has 0 aliphatic carbocycles. The molecule has 220 valence electrons. The van der Waals surface area contributed by atoms with Crippen molar-refractivity contribution >= 4 is 39.1 Å². The highest BCUT2D eigenvalue weighted by molar-refractivity contribution is 7.92. The highest BCUT2D eigenvalue weighted by Gasteiger charge is 2.32. The Labute approximate surface area is 246 Å². The summed E-state index contributed by atoms with van der Waals surface area (Å²) in [7, 11) is -4.31. The first-order chi connectivity index (χ1) is 19.6. The van der Waals surface area contributed by atoms with Gasteiger partial charge in [0.15, 0.2) is 0 Å². The third kappa shape index (κ3) is 8.68. The zero-order chi connectivity index (χ0) is 30.0. The van der Waals surface area contributed by atoms with Crippen molar-refractivity contribution in [3.8, 4) is 5.75 Å². The van der Waals surface area contributed by atoms with Crippen molar-refractivity contribution in [1.82, 2.24) is 10.2 Å². The average molecular weight is 604 g/mol. The van der Waals surface area contributed by atoms with Gasteiger partial charge in [-0.2, -0.15) is 0 Å². The number of benzene rings is 3. The Morgan fingerprint density at radius 2 is 1.71 bits per heavy atom. The van der Waals surface area contributed by atoms with Crippen molar-refractivity contribution in [3.63, 3.8) is 0 Å². The minimum Gasteiger partial charge on any atom is -0.494 e. The van der Waals surface area contributed by atoms with E-state index in [0.717, 1.165) is 41.4 Å². The molecule has 0 spiro atoms. The lowest BCUT2D eigenvalue weighted by atomic mass is 10.1. The Morgan fingerprint density at radius 1 is 1.02 bits per heavy atom. The topological polar surface area (TPSA) is 96.0 Å². The zero-order valence-electron chi connectivity index (χ0n) is 23.3. The lowest BCUT2D eigenvalue weighted by Crippen LogP contribution is -2.51. The molecule has 1 N–H and O–H groups in total. The number of rotatable bonds is 14. The molecule has 0 aliphatic rings. The number of hydrogen-bond donors (Lipinski definition) is 1. The van der Waals surface area contributed by atoms with E-state index >= 15 is 0 Å². The largest absolute Gasteiger partial charge is 0.494 e. The van der Waals surface area contributed by atoms with Crippen molar-refractivity contribution < 1.29 is 27.1 Å². The van der Waals surface area contributed by atoms with Gasteiger partial charge < -0.3 is 15.0 Å². The fourth-order valence-electron chi connectivity index (χ4n) is 4.09. The monoisotopic (exact) mass is 603 g/mol. The van der Waals surface area contributed by atoms with Gasteiger partial charge in [0.1, 0.15) is 24.2 Å². The number of nitrogens with one attached hydrogen (secondary N) is 1. The van der Waals surface area contributed by atoms with Crippen LogP contribution in [0.4, 0.5) is 10.1 Å². The molecule has 0 fully saturated rings. The number of carbonyl (C=O) groups is 2. The molecule has 0 heterocycles. The number of carbonyl (C=O) groups excluding carboxylic acids is 2. The fourth-order valence-corrected chi connectivity index (χ4v) is 5.72. The van der Waals surface area contributed by atoms with Gasteiger partial charge in [0, 0.05) is 18.1 Å². The molecule has 2 amide bonds. The molecule has 0 saturated heterocycles. The van der Waals surface area contributed by atoms with E-state index in [9.17, 15) is 22.4 Å². The second kappa shape index (κ2) is 14.8. The Hall–Kier alpha value is -3.63. The number of unbranched alkanes of at least 4 members (excludes halogenated alkanes) is 1. The number of nitrogens with zero attached hydrogens (tertiary/aromatic N) is 2. The molecule has 11 heteroatoms.